The minimum Gasteiger partial charge on any atom is -0.373 e. The van der Waals surface area contributed by atoms with Gasteiger partial charge in [-0.15, -0.1) is 11.8 Å². The third-order valence-electron chi connectivity index (χ3n) is 4.96. The average Bonchev–Trinajstić information content (AvgIpc) is 2.80. The molecular weight excluding hydrogens is 268 g/mol. The van der Waals surface area contributed by atoms with Crippen LogP contribution >= 0.6 is 11.8 Å². The Morgan fingerprint density at radius 1 is 1.40 bits per heavy atom. The molecule has 1 aliphatic carbocycles. The SMILES string of the molecule is c1cncc(CO[C@@H]2CSC3(C2)CN(C2CCC2)C3)c1. The molecule has 3 nitrogen and oxygen atoms in total. The highest BCUT2D eigenvalue weighted by Crippen LogP contribution is 2.48. The lowest BCUT2D eigenvalue weighted by atomic mass is 9.84. The Morgan fingerprint density at radius 2 is 2.30 bits per heavy atom. The summed E-state index contributed by atoms with van der Waals surface area (Å²) in [5.41, 5.74) is 1.18. The fraction of sp³-hybridized carbons (Fsp3) is 0.688. The van der Waals surface area contributed by atoms with Gasteiger partial charge in [0.05, 0.1) is 12.7 Å². The van der Waals surface area contributed by atoms with Gasteiger partial charge >= 0.3 is 0 Å². The molecule has 20 heavy (non-hydrogen) atoms. The smallest absolute Gasteiger partial charge is 0.0736 e. The molecule has 0 amide bonds. The van der Waals surface area contributed by atoms with Crippen molar-refractivity contribution in [3.8, 4) is 0 Å². The van der Waals surface area contributed by atoms with Crippen molar-refractivity contribution < 1.29 is 4.74 Å². The molecule has 1 aromatic rings. The molecule has 1 atom stereocenters. The second-order valence-electron chi connectivity index (χ2n) is 6.48. The molecule has 0 aromatic carbocycles. The molecule has 1 aromatic heterocycles. The van der Waals surface area contributed by atoms with E-state index in [4.69, 9.17) is 4.74 Å². The minimum atomic E-state index is 0.434. The Kier molecular flexibility index (Phi) is 3.49. The van der Waals surface area contributed by atoms with E-state index < -0.39 is 0 Å². The predicted octanol–water partition coefficient (Wildman–Crippen LogP) is 2.71. The van der Waals surface area contributed by atoms with Gasteiger partial charge in [0.1, 0.15) is 0 Å². The Bertz CT molecular complexity index is 457. The Morgan fingerprint density at radius 3 is 3.00 bits per heavy atom. The highest BCUT2D eigenvalue weighted by Gasteiger charge is 2.51. The van der Waals surface area contributed by atoms with E-state index in [0.29, 0.717) is 17.5 Å². The van der Waals surface area contributed by atoms with Crippen molar-refractivity contribution in [2.45, 2.75) is 49.2 Å². The summed E-state index contributed by atoms with van der Waals surface area (Å²) < 4.78 is 6.60. The monoisotopic (exact) mass is 290 g/mol. The van der Waals surface area contributed by atoms with Gasteiger partial charge in [0, 0.05) is 42.0 Å². The Labute approximate surface area is 125 Å². The van der Waals surface area contributed by atoms with Crippen molar-refractivity contribution in [1.29, 1.82) is 0 Å². The van der Waals surface area contributed by atoms with Crippen LogP contribution < -0.4 is 0 Å². The topological polar surface area (TPSA) is 25.4 Å². The number of hydrogen-bond donors (Lipinski definition) is 0. The quantitative estimate of drug-likeness (QED) is 0.851. The van der Waals surface area contributed by atoms with Gasteiger partial charge in [0.25, 0.3) is 0 Å². The van der Waals surface area contributed by atoms with Crippen molar-refractivity contribution in [2.75, 3.05) is 18.8 Å². The Hall–Kier alpha value is -0.580. The van der Waals surface area contributed by atoms with Crippen molar-refractivity contribution in [3.63, 3.8) is 0 Å². The van der Waals surface area contributed by atoms with E-state index in [1.807, 2.05) is 18.5 Å². The van der Waals surface area contributed by atoms with Crippen molar-refractivity contribution in [2.24, 2.45) is 0 Å². The average molecular weight is 290 g/mol. The zero-order valence-corrected chi connectivity index (χ0v) is 12.6. The van der Waals surface area contributed by atoms with Crippen molar-refractivity contribution >= 4 is 11.8 Å². The molecule has 0 bridgehead atoms. The van der Waals surface area contributed by atoms with Gasteiger partial charge in [-0.1, -0.05) is 12.5 Å². The molecule has 0 unspecified atom stereocenters. The van der Waals surface area contributed by atoms with E-state index in [1.54, 1.807) is 0 Å². The Balaban J connectivity index is 1.25. The molecule has 4 rings (SSSR count). The molecule has 0 N–H and O–H groups in total. The van der Waals surface area contributed by atoms with E-state index in [9.17, 15) is 0 Å². The fourth-order valence-electron chi connectivity index (χ4n) is 3.53. The van der Waals surface area contributed by atoms with Gasteiger partial charge in [-0.3, -0.25) is 9.88 Å². The van der Waals surface area contributed by atoms with Crippen LogP contribution in [0, 0.1) is 0 Å². The highest BCUT2D eigenvalue weighted by molar-refractivity contribution is 8.01. The van der Waals surface area contributed by atoms with Crippen LogP contribution in [0.5, 0.6) is 0 Å². The summed E-state index contributed by atoms with van der Waals surface area (Å²) >= 11 is 2.15. The molecule has 2 saturated heterocycles. The van der Waals surface area contributed by atoms with Crippen LogP contribution in [0.1, 0.15) is 31.2 Å². The summed E-state index contributed by atoms with van der Waals surface area (Å²) in [7, 11) is 0. The molecule has 4 heteroatoms. The summed E-state index contributed by atoms with van der Waals surface area (Å²) in [6.07, 6.45) is 9.69. The van der Waals surface area contributed by atoms with E-state index in [0.717, 1.165) is 6.04 Å². The highest BCUT2D eigenvalue weighted by atomic mass is 32.2. The first kappa shape index (κ1) is 13.1. The van der Waals surface area contributed by atoms with Crippen molar-refractivity contribution in [1.82, 2.24) is 9.88 Å². The van der Waals surface area contributed by atoms with Gasteiger partial charge in [0.15, 0.2) is 0 Å². The summed E-state index contributed by atoms with van der Waals surface area (Å²) in [4.78, 5) is 6.83. The molecular formula is C16H22N2OS. The van der Waals surface area contributed by atoms with Crippen LogP contribution in [0.4, 0.5) is 0 Å². The number of ether oxygens (including phenoxy) is 1. The first-order chi connectivity index (χ1) is 9.83. The maximum absolute atomic E-state index is 6.08. The van der Waals surface area contributed by atoms with E-state index in [-0.39, 0.29) is 0 Å². The van der Waals surface area contributed by atoms with Crippen LogP contribution in [-0.4, -0.2) is 45.6 Å². The number of pyridine rings is 1. The van der Waals surface area contributed by atoms with Gasteiger partial charge in [0.2, 0.25) is 0 Å². The van der Waals surface area contributed by atoms with Gasteiger partial charge in [-0.05, 0) is 30.9 Å². The summed E-state index contributed by atoms with van der Waals surface area (Å²) in [5, 5.41) is 0. The number of hydrogen-bond acceptors (Lipinski definition) is 4. The second kappa shape index (κ2) is 5.32. The first-order valence-corrected chi connectivity index (χ1v) is 8.70. The molecule has 1 saturated carbocycles. The number of likely N-dealkylation sites (tertiary alicyclic amines) is 1. The largest absolute Gasteiger partial charge is 0.373 e. The third kappa shape index (κ3) is 2.49. The fourth-order valence-corrected chi connectivity index (χ4v) is 5.10. The second-order valence-corrected chi connectivity index (χ2v) is 7.97. The summed E-state index contributed by atoms with van der Waals surface area (Å²) in [6, 6.07) is 4.98. The normalized spacial score (nSPS) is 29.3. The molecule has 3 fully saturated rings. The van der Waals surface area contributed by atoms with E-state index in [1.165, 1.54) is 50.1 Å². The van der Waals surface area contributed by atoms with Gasteiger partial charge < -0.3 is 4.74 Å². The number of nitrogens with zero attached hydrogens (tertiary/aromatic N) is 2. The zero-order chi connectivity index (χ0) is 13.4. The lowest BCUT2D eigenvalue weighted by Gasteiger charge is -2.53. The molecule has 108 valence electrons. The predicted molar refractivity (Wildman–Crippen MR) is 81.8 cm³/mol. The molecule has 3 heterocycles. The lowest BCUT2D eigenvalue weighted by Crippen LogP contribution is -2.63. The molecule has 0 radical (unpaired) electrons. The van der Waals surface area contributed by atoms with Crippen LogP contribution in [0.15, 0.2) is 24.5 Å². The molecule has 3 aliphatic rings. The maximum Gasteiger partial charge on any atom is 0.0736 e. The standard InChI is InChI=1S/C16H22N2OS/c1-4-14(5-1)18-11-16(12-18)7-15(10-20-16)19-9-13-3-2-6-17-8-13/h2-3,6,8,14-15H,1,4-5,7,9-12H2/t15-/m0/s1. The number of thioether (sulfide) groups is 1. The maximum atomic E-state index is 6.08. The number of aromatic nitrogens is 1. The van der Waals surface area contributed by atoms with E-state index in [2.05, 4.69) is 27.7 Å². The zero-order valence-electron chi connectivity index (χ0n) is 11.8. The van der Waals surface area contributed by atoms with Crippen LogP contribution in [0.25, 0.3) is 0 Å². The summed E-state index contributed by atoms with van der Waals surface area (Å²) in [5.74, 6) is 1.17. The van der Waals surface area contributed by atoms with Gasteiger partial charge in [-0.25, -0.2) is 0 Å². The summed E-state index contributed by atoms with van der Waals surface area (Å²) in [6.45, 7) is 3.31. The van der Waals surface area contributed by atoms with E-state index >= 15 is 0 Å². The van der Waals surface area contributed by atoms with Gasteiger partial charge in [-0.2, -0.15) is 0 Å². The molecule has 2 aliphatic heterocycles. The van der Waals surface area contributed by atoms with Crippen molar-refractivity contribution in [3.05, 3.63) is 30.1 Å². The lowest BCUT2D eigenvalue weighted by molar-refractivity contribution is 0.000368. The van der Waals surface area contributed by atoms with Crippen LogP contribution in [0.2, 0.25) is 0 Å². The number of rotatable bonds is 4. The first-order valence-electron chi connectivity index (χ1n) is 7.72. The molecule has 1 spiro atoms. The van der Waals surface area contributed by atoms with Crippen LogP contribution in [-0.2, 0) is 11.3 Å². The third-order valence-corrected chi connectivity index (χ3v) is 6.53. The minimum absolute atomic E-state index is 0.434. The van der Waals surface area contributed by atoms with Crippen LogP contribution in [0.3, 0.4) is 0 Å².